The second-order valence-electron chi connectivity index (χ2n) is 6.96. The number of fused-ring (bicyclic) bond motifs is 1. The van der Waals surface area contributed by atoms with E-state index < -0.39 is 0 Å². The van der Waals surface area contributed by atoms with Crippen LogP contribution in [0, 0.1) is 0 Å². The highest BCUT2D eigenvalue weighted by Gasteiger charge is 2.27. The van der Waals surface area contributed by atoms with E-state index in [0.717, 1.165) is 37.7 Å². The molecule has 2 amide bonds. The maximum atomic E-state index is 12.8. The lowest BCUT2D eigenvalue weighted by molar-refractivity contribution is -0.117. The molecule has 4 heteroatoms. The van der Waals surface area contributed by atoms with E-state index in [1.807, 2.05) is 24.3 Å². The zero-order valence-corrected chi connectivity index (χ0v) is 14.1. The highest BCUT2D eigenvalue weighted by atomic mass is 16.2. The number of hydrogen-bond donors (Lipinski definition) is 2. The summed E-state index contributed by atoms with van der Waals surface area (Å²) in [6, 6.07) is 15.7. The molecule has 4 nitrogen and oxygen atoms in total. The first-order chi connectivity index (χ1) is 12.2. The van der Waals surface area contributed by atoms with Crippen molar-refractivity contribution in [1.29, 1.82) is 0 Å². The van der Waals surface area contributed by atoms with Gasteiger partial charge in [-0.15, -0.1) is 0 Å². The fourth-order valence-electron chi connectivity index (χ4n) is 3.49. The summed E-state index contributed by atoms with van der Waals surface area (Å²) in [6.45, 7) is 0. The van der Waals surface area contributed by atoms with Crippen LogP contribution in [0.2, 0.25) is 0 Å². The van der Waals surface area contributed by atoms with Gasteiger partial charge in [0.2, 0.25) is 5.91 Å². The van der Waals surface area contributed by atoms with Crippen LogP contribution in [0.1, 0.15) is 53.1 Å². The van der Waals surface area contributed by atoms with Crippen molar-refractivity contribution in [3.05, 3.63) is 65.2 Å². The van der Waals surface area contributed by atoms with E-state index in [4.69, 9.17) is 0 Å². The molecule has 0 bridgehead atoms. The van der Waals surface area contributed by atoms with E-state index in [0.29, 0.717) is 17.3 Å². The smallest absolute Gasteiger partial charge is 0.251 e. The van der Waals surface area contributed by atoms with Crippen molar-refractivity contribution in [2.45, 2.75) is 44.1 Å². The lowest BCUT2D eigenvalue weighted by Crippen LogP contribution is -2.26. The molecule has 0 saturated heterocycles. The summed E-state index contributed by atoms with van der Waals surface area (Å²) in [5.74, 6) is -0.178. The van der Waals surface area contributed by atoms with E-state index >= 15 is 0 Å². The van der Waals surface area contributed by atoms with Crippen molar-refractivity contribution >= 4 is 17.5 Å². The largest absolute Gasteiger partial charge is 0.349 e. The normalized spacial score (nSPS) is 19.0. The average molecular weight is 334 g/mol. The van der Waals surface area contributed by atoms with Gasteiger partial charge in [-0.25, -0.2) is 0 Å². The third kappa shape index (κ3) is 3.58. The fraction of sp³-hybridized carbons (Fsp3) is 0.333. The highest BCUT2D eigenvalue weighted by molar-refractivity contribution is 5.99. The van der Waals surface area contributed by atoms with Gasteiger partial charge < -0.3 is 10.6 Å². The minimum Gasteiger partial charge on any atom is -0.349 e. The summed E-state index contributed by atoms with van der Waals surface area (Å²) in [5.41, 5.74) is 3.67. The van der Waals surface area contributed by atoms with Gasteiger partial charge in [0.1, 0.15) is 0 Å². The minimum atomic E-state index is -0.117. The van der Waals surface area contributed by atoms with Crippen LogP contribution < -0.4 is 10.6 Å². The fourth-order valence-corrected chi connectivity index (χ4v) is 3.49. The van der Waals surface area contributed by atoms with Crippen molar-refractivity contribution in [2.24, 2.45) is 0 Å². The Morgan fingerprint density at radius 3 is 2.64 bits per heavy atom. The molecule has 0 heterocycles. The van der Waals surface area contributed by atoms with Gasteiger partial charge in [0.15, 0.2) is 0 Å². The number of aryl methyl sites for hydroxylation is 1. The van der Waals surface area contributed by atoms with E-state index in [1.54, 1.807) is 12.1 Å². The van der Waals surface area contributed by atoms with Gasteiger partial charge in [0, 0.05) is 17.3 Å². The maximum absolute atomic E-state index is 12.8. The van der Waals surface area contributed by atoms with Crippen molar-refractivity contribution in [3.8, 4) is 0 Å². The molecule has 2 aromatic rings. The Hall–Kier alpha value is -2.62. The molecule has 128 valence electrons. The molecule has 0 aromatic heterocycles. The molecule has 1 saturated carbocycles. The standard InChI is InChI=1S/C21H22N2O2/c24-20(22-16-11-12-16)15-7-3-8-17(13-15)23-21(25)19-10-4-6-14-5-1-2-9-18(14)19/h1-3,5,7-9,13,16,19H,4,6,10-12H2,(H,22,24)(H,23,25). The third-order valence-electron chi connectivity index (χ3n) is 4.99. The molecule has 2 N–H and O–H groups in total. The maximum Gasteiger partial charge on any atom is 0.251 e. The molecule has 2 aliphatic rings. The Balaban J connectivity index is 1.49. The Bertz CT molecular complexity index is 811. The third-order valence-corrected chi connectivity index (χ3v) is 4.99. The quantitative estimate of drug-likeness (QED) is 0.897. The summed E-state index contributed by atoms with van der Waals surface area (Å²) in [5, 5.41) is 5.97. The van der Waals surface area contributed by atoms with Crippen LogP contribution in [0.25, 0.3) is 0 Å². The Labute approximate surface area is 147 Å². The van der Waals surface area contributed by atoms with Crippen LogP contribution in [-0.4, -0.2) is 17.9 Å². The van der Waals surface area contributed by atoms with Crippen LogP contribution in [-0.2, 0) is 11.2 Å². The molecule has 1 fully saturated rings. The lowest BCUT2D eigenvalue weighted by atomic mass is 9.82. The molecule has 2 aromatic carbocycles. The molecule has 4 rings (SSSR count). The summed E-state index contributed by atoms with van der Waals surface area (Å²) in [6.07, 6.45) is 5.05. The molecule has 0 radical (unpaired) electrons. The second-order valence-corrected chi connectivity index (χ2v) is 6.96. The number of benzene rings is 2. The van der Waals surface area contributed by atoms with Crippen molar-refractivity contribution in [2.75, 3.05) is 5.32 Å². The second kappa shape index (κ2) is 6.71. The summed E-state index contributed by atoms with van der Waals surface area (Å²) in [4.78, 5) is 25.0. The molecular weight excluding hydrogens is 312 g/mol. The van der Waals surface area contributed by atoms with Crippen LogP contribution in [0.4, 0.5) is 5.69 Å². The SMILES string of the molecule is O=C(NC1CC1)c1cccc(NC(=O)C2CCCc3ccccc32)c1. The molecule has 0 spiro atoms. The van der Waals surface area contributed by atoms with Gasteiger partial charge in [-0.3, -0.25) is 9.59 Å². The minimum absolute atomic E-state index is 0.00639. The van der Waals surface area contributed by atoms with E-state index in [1.165, 1.54) is 5.56 Å². The van der Waals surface area contributed by atoms with Gasteiger partial charge in [-0.05, 0) is 61.4 Å². The van der Waals surface area contributed by atoms with Crippen molar-refractivity contribution < 1.29 is 9.59 Å². The first kappa shape index (κ1) is 15.9. The monoisotopic (exact) mass is 334 g/mol. The lowest BCUT2D eigenvalue weighted by Gasteiger charge is -2.24. The number of carbonyl (C=O) groups is 2. The van der Waals surface area contributed by atoms with E-state index in [9.17, 15) is 9.59 Å². The number of amides is 2. The predicted molar refractivity (Wildman–Crippen MR) is 97.7 cm³/mol. The Morgan fingerprint density at radius 1 is 0.960 bits per heavy atom. The molecule has 1 unspecified atom stereocenters. The van der Waals surface area contributed by atoms with Crippen LogP contribution in [0.3, 0.4) is 0 Å². The predicted octanol–water partition coefficient (Wildman–Crippen LogP) is 3.64. The molecule has 25 heavy (non-hydrogen) atoms. The molecular formula is C21H22N2O2. The summed E-state index contributed by atoms with van der Waals surface area (Å²) < 4.78 is 0. The van der Waals surface area contributed by atoms with Gasteiger partial charge in [-0.1, -0.05) is 30.3 Å². The van der Waals surface area contributed by atoms with Gasteiger partial charge >= 0.3 is 0 Å². The molecule has 1 atom stereocenters. The number of nitrogens with one attached hydrogen (secondary N) is 2. The van der Waals surface area contributed by atoms with Crippen LogP contribution >= 0.6 is 0 Å². The first-order valence-corrected chi connectivity index (χ1v) is 9.00. The Kier molecular flexibility index (Phi) is 4.26. The first-order valence-electron chi connectivity index (χ1n) is 9.00. The van der Waals surface area contributed by atoms with E-state index in [-0.39, 0.29) is 17.7 Å². The van der Waals surface area contributed by atoms with Crippen LogP contribution in [0.5, 0.6) is 0 Å². The van der Waals surface area contributed by atoms with Gasteiger partial charge in [0.05, 0.1) is 5.92 Å². The molecule has 2 aliphatic carbocycles. The van der Waals surface area contributed by atoms with Gasteiger partial charge in [0.25, 0.3) is 5.91 Å². The van der Waals surface area contributed by atoms with E-state index in [2.05, 4.69) is 22.8 Å². The highest BCUT2D eigenvalue weighted by Crippen LogP contribution is 2.32. The number of rotatable bonds is 4. The topological polar surface area (TPSA) is 58.2 Å². The molecule has 0 aliphatic heterocycles. The number of carbonyl (C=O) groups excluding carboxylic acids is 2. The van der Waals surface area contributed by atoms with Crippen LogP contribution in [0.15, 0.2) is 48.5 Å². The van der Waals surface area contributed by atoms with Crippen molar-refractivity contribution in [3.63, 3.8) is 0 Å². The average Bonchev–Trinajstić information content (AvgIpc) is 3.45. The summed E-state index contributed by atoms with van der Waals surface area (Å²) in [7, 11) is 0. The summed E-state index contributed by atoms with van der Waals surface area (Å²) >= 11 is 0. The zero-order valence-electron chi connectivity index (χ0n) is 14.1. The van der Waals surface area contributed by atoms with Crippen molar-refractivity contribution in [1.82, 2.24) is 5.32 Å². The number of hydrogen-bond acceptors (Lipinski definition) is 2. The Morgan fingerprint density at radius 2 is 1.80 bits per heavy atom. The van der Waals surface area contributed by atoms with Gasteiger partial charge in [-0.2, -0.15) is 0 Å². The zero-order chi connectivity index (χ0) is 17.2. The number of anilines is 1.